The van der Waals surface area contributed by atoms with Crippen LogP contribution in [0.4, 0.5) is 0 Å². The van der Waals surface area contributed by atoms with E-state index in [4.69, 9.17) is 5.11 Å². The molecule has 0 spiro atoms. The molecular weight excluding hydrogens is 330 g/mol. The van der Waals surface area contributed by atoms with Crippen LogP contribution in [0.2, 0.25) is 0 Å². The summed E-state index contributed by atoms with van der Waals surface area (Å²) in [6.45, 7) is 5.87. The van der Waals surface area contributed by atoms with E-state index in [1.807, 2.05) is 39.0 Å². The summed E-state index contributed by atoms with van der Waals surface area (Å²) < 4.78 is 1.64. The Hall–Kier alpha value is -3.28. The third kappa shape index (κ3) is 3.13. The van der Waals surface area contributed by atoms with Crippen molar-refractivity contribution in [2.45, 2.75) is 27.2 Å². The minimum absolute atomic E-state index is 0.206. The molecule has 1 N–H and O–H groups in total. The SMILES string of the molecule is CCc1nc2ncc(C=CC(=O)O)cc2c(=O)n1-c1c(C)cccc1C. The van der Waals surface area contributed by atoms with Gasteiger partial charge in [-0.25, -0.2) is 14.8 Å². The van der Waals surface area contributed by atoms with Crippen LogP contribution in [0, 0.1) is 13.8 Å². The van der Waals surface area contributed by atoms with Gasteiger partial charge in [0.15, 0.2) is 5.65 Å². The molecule has 0 atom stereocenters. The third-order valence-electron chi connectivity index (χ3n) is 4.21. The lowest BCUT2D eigenvalue weighted by atomic mass is 10.1. The largest absolute Gasteiger partial charge is 0.478 e. The number of para-hydroxylation sites is 1. The minimum Gasteiger partial charge on any atom is -0.478 e. The molecule has 0 fully saturated rings. The molecule has 0 amide bonds. The van der Waals surface area contributed by atoms with Gasteiger partial charge < -0.3 is 5.11 Å². The zero-order valence-corrected chi connectivity index (χ0v) is 14.9. The van der Waals surface area contributed by atoms with Crippen molar-refractivity contribution in [3.8, 4) is 5.69 Å². The predicted molar refractivity (Wildman–Crippen MR) is 101 cm³/mol. The van der Waals surface area contributed by atoms with Crippen molar-refractivity contribution in [3.05, 3.63) is 69.4 Å². The number of rotatable bonds is 4. The number of aromatic nitrogens is 3. The second kappa shape index (κ2) is 6.92. The molecular formula is C20H19N3O3. The summed E-state index contributed by atoms with van der Waals surface area (Å²) in [5.74, 6) is -0.418. The van der Waals surface area contributed by atoms with Gasteiger partial charge >= 0.3 is 5.97 Å². The maximum absolute atomic E-state index is 13.2. The minimum atomic E-state index is -1.06. The number of aliphatic carboxylic acids is 1. The Morgan fingerprint density at radius 2 is 1.96 bits per heavy atom. The van der Waals surface area contributed by atoms with E-state index in [0.717, 1.165) is 22.9 Å². The molecule has 6 nitrogen and oxygen atoms in total. The Labute approximate surface area is 150 Å². The molecule has 26 heavy (non-hydrogen) atoms. The zero-order valence-electron chi connectivity index (χ0n) is 14.9. The Balaban J connectivity index is 2.34. The van der Waals surface area contributed by atoms with E-state index in [2.05, 4.69) is 9.97 Å². The number of benzene rings is 1. The molecule has 2 aromatic heterocycles. The molecule has 0 aliphatic rings. The highest BCUT2D eigenvalue weighted by atomic mass is 16.4. The lowest BCUT2D eigenvalue weighted by Gasteiger charge is -2.16. The number of carboxylic acids is 1. The van der Waals surface area contributed by atoms with Gasteiger partial charge in [-0.1, -0.05) is 25.1 Å². The highest BCUT2D eigenvalue weighted by Gasteiger charge is 2.15. The smallest absolute Gasteiger partial charge is 0.328 e. The first kappa shape index (κ1) is 17.5. The van der Waals surface area contributed by atoms with Gasteiger partial charge in [0.05, 0.1) is 11.1 Å². The normalized spacial score (nSPS) is 11.3. The highest BCUT2D eigenvalue weighted by Crippen LogP contribution is 2.20. The van der Waals surface area contributed by atoms with Crippen LogP contribution in [0.3, 0.4) is 0 Å². The number of fused-ring (bicyclic) bond motifs is 1. The van der Waals surface area contributed by atoms with Crippen LogP contribution in [-0.2, 0) is 11.2 Å². The van der Waals surface area contributed by atoms with Crippen LogP contribution in [-0.4, -0.2) is 25.6 Å². The average Bonchev–Trinajstić information content (AvgIpc) is 2.61. The van der Waals surface area contributed by atoms with Crippen LogP contribution in [0.25, 0.3) is 22.8 Å². The quantitative estimate of drug-likeness (QED) is 0.732. The van der Waals surface area contributed by atoms with Crippen molar-refractivity contribution in [2.24, 2.45) is 0 Å². The van der Waals surface area contributed by atoms with E-state index in [0.29, 0.717) is 28.8 Å². The molecule has 3 aromatic rings. The molecule has 2 heterocycles. The fourth-order valence-electron chi connectivity index (χ4n) is 3.01. The van der Waals surface area contributed by atoms with Gasteiger partial charge in [0.2, 0.25) is 0 Å². The van der Waals surface area contributed by atoms with Crippen molar-refractivity contribution in [2.75, 3.05) is 0 Å². The summed E-state index contributed by atoms with van der Waals surface area (Å²) in [6, 6.07) is 7.50. The van der Waals surface area contributed by atoms with Crippen LogP contribution in [0.5, 0.6) is 0 Å². The average molecular weight is 349 g/mol. The number of hydrogen-bond acceptors (Lipinski definition) is 4. The molecule has 3 rings (SSSR count). The van der Waals surface area contributed by atoms with Crippen LogP contribution in [0.15, 0.2) is 41.3 Å². The van der Waals surface area contributed by atoms with Gasteiger partial charge in [0.1, 0.15) is 5.82 Å². The first-order valence-electron chi connectivity index (χ1n) is 8.31. The second-order valence-electron chi connectivity index (χ2n) is 6.07. The van der Waals surface area contributed by atoms with Gasteiger partial charge in [0, 0.05) is 18.7 Å². The molecule has 0 bridgehead atoms. The summed E-state index contributed by atoms with van der Waals surface area (Å²) in [6.07, 6.45) is 4.52. The molecule has 0 radical (unpaired) electrons. The second-order valence-corrected chi connectivity index (χ2v) is 6.07. The molecule has 0 saturated heterocycles. The maximum Gasteiger partial charge on any atom is 0.328 e. The van der Waals surface area contributed by atoms with Gasteiger partial charge in [0.25, 0.3) is 5.56 Å². The molecule has 0 aliphatic carbocycles. The van der Waals surface area contributed by atoms with Gasteiger partial charge in [-0.15, -0.1) is 0 Å². The molecule has 132 valence electrons. The van der Waals surface area contributed by atoms with Crippen LogP contribution in [0.1, 0.15) is 29.4 Å². The van der Waals surface area contributed by atoms with E-state index >= 15 is 0 Å². The van der Waals surface area contributed by atoms with E-state index in [-0.39, 0.29) is 5.56 Å². The van der Waals surface area contributed by atoms with Crippen molar-refractivity contribution in [1.82, 2.24) is 14.5 Å². The monoisotopic (exact) mass is 349 g/mol. The number of aryl methyl sites for hydroxylation is 3. The number of pyridine rings is 1. The summed E-state index contributed by atoms with van der Waals surface area (Å²) in [7, 11) is 0. The number of hydrogen-bond donors (Lipinski definition) is 1. The first-order chi connectivity index (χ1) is 12.4. The van der Waals surface area contributed by atoms with E-state index < -0.39 is 5.97 Å². The van der Waals surface area contributed by atoms with Crippen molar-refractivity contribution in [3.63, 3.8) is 0 Å². The van der Waals surface area contributed by atoms with E-state index in [1.54, 1.807) is 10.6 Å². The Morgan fingerprint density at radius 1 is 1.27 bits per heavy atom. The van der Waals surface area contributed by atoms with E-state index in [9.17, 15) is 9.59 Å². The van der Waals surface area contributed by atoms with Crippen LogP contribution >= 0.6 is 0 Å². The van der Waals surface area contributed by atoms with Gasteiger partial charge in [-0.05, 0) is 42.7 Å². The summed E-state index contributed by atoms with van der Waals surface area (Å²) in [4.78, 5) is 32.8. The fourth-order valence-corrected chi connectivity index (χ4v) is 3.01. The van der Waals surface area contributed by atoms with Gasteiger partial charge in [-0.2, -0.15) is 0 Å². The number of carboxylic acid groups (broad SMARTS) is 1. The fraction of sp³-hybridized carbons (Fsp3) is 0.200. The Bertz CT molecular complexity index is 1080. The zero-order chi connectivity index (χ0) is 18.8. The highest BCUT2D eigenvalue weighted by molar-refractivity contribution is 5.86. The third-order valence-corrected chi connectivity index (χ3v) is 4.21. The predicted octanol–water partition coefficient (Wildman–Crippen LogP) is 3.06. The van der Waals surface area contributed by atoms with Crippen molar-refractivity contribution < 1.29 is 9.90 Å². The molecule has 0 saturated carbocycles. The first-order valence-corrected chi connectivity index (χ1v) is 8.31. The molecule has 0 unspecified atom stereocenters. The van der Waals surface area contributed by atoms with Crippen molar-refractivity contribution in [1.29, 1.82) is 0 Å². The number of carbonyl (C=O) groups is 1. The lowest BCUT2D eigenvalue weighted by Crippen LogP contribution is -2.25. The summed E-state index contributed by atoms with van der Waals surface area (Å²) in [5.41, 5.74) is 3.49. The Morgan fingerprint density at radius 3 is 2.58 bits per heavy atom. The molecule has 0 aliphatic heterocycles. The van der Waals surface area contributed by atoms with Gasteiger partial charge in [-0.3, -0.25) is 9.36 Å². The summed E-state index contributed by atoms with van der Waals surface area (Å²) >= 11 is 0. The molecule has 6 heteroatoms. The number of nitrogens with zero attached hydrogens (tertiary/aromatic N) is 3. The van der Waals surface area contributed by atoms with Crippen molar-refractivity contribution >= 4 is 23.1 Å². The maximum atomic E-state index is 13.2. The van der Waals surface area contributed by atoms with Crippen LogP contribution < -0.4 is 5.56 Å². The topological polar surface area (TPSA) is 85.1 Å². The summed E-state index contributed by atoms with van der Waals surface area (Å²) in [5, 5.41) is 9.14. The lowest BCUT2D eigenvalue weighted by molar-refractivity contribution is -0.131. The van der Waals surface area contributed by atoms with E-state index in [1.165, 1.54) is 12.3 Å². The Kier molecular flexibility index (Phi) is 4.67. The molecule has 1 aromatic carbocycles. The standard InChI is InChI=1S/C20H19N3O3/c1-4-16-22-19-15(10-14(11-21-19)8-9-17(24)25)20(26)23(16)18-12(2)6-5-7-13(18)3/h5-11H,4H2,1-3H3,(H,24,25).